The molecule has 0 bridgehead atoms. The average molecular weight is 91.1 g/mol. The standard InChI is InChI=1S/C4H4S.Li/c1-2-4-5-3-1;/h1-4H;. The fourth-order valence-corrected chi connectivity index (χ4v) is 0.680. The van der Waals surface area contributed by atoms with E-state index in [4.69, 9.17) is 0 Å². The Bertz CT molecular complexity index is 64.0. The molecule has 0 aromatic carbocycles. The van der Waals surface area contributed by atoms with Gasteiger partial charge in [-0.25, -0.2) is 0 Å². The van der Waals surface area contributed by atoms with Crippen molar-refractivity contribution in [1.29, 1.82) is 0 Å². The minimum Gasteiger partial charge on any atom is -0.152 e. The molecule has 1 heterocycles. The van der Waals surface area contributed by atoms with Crippen molar-refractivity contribution in [2.45, 2.75) is 0 Å². The Labute approximate surface area is 53.4 Å². The van der Waals surface area contributed by atoms with Crippen molar-refractivity contribution >= 4 is 30.2 Å². The predicted molar refractivity (Wildman–Crippen MR) is 30.1 cm³/mol. The number of hydrogen-bond acceptors (Lipinski definition) is 1. The van der Waals surface area contributed by atoms with Crippen molar-refractivity contribution in [3.63, 3.8) is 0 Å². The van der Waals surface area contributed by atoms with Crippen molar-refractivity contribution in [3.05, 3.63) is 22.9 Å². The van der Waals surface area contributed by atoms with Crippen LogP contribution in [0.15, 0.2) is 22.9 Å². The fourth-order valence-electron chi connectivity index (χ4n) is 0.227. The summed E-state index contributed by atoms with van der Waals surface area (Å²) in [6.07, 6.45) is 0. The van der Waals surface area contributed by atoms with E-state index >= 15 is 0 Å². The van der Waals surface area contributed by atoms with E-state index in [9.17, 15) is 0 Å². The van der Waals surface area contributed by atoms with Crippen molar-refractivity contribution in [2.75, 3.05) is 0 Å². The molecule has 0 N–H and O–H groups in total. The van der Waals surface area contributed by atoms with Crippen LogP contribution < -0.4 is 0 Å². The van der Waals surface area contributed by atoms with E-state index in [0.717, 1.165) is 0 Å². The first kappa shape index (κ1) is 6.30. The quantitative estimate of drug-likeness (QED) is 0.423. The van der Waals surface area contributed by atoms with Gasteiger partial charge < -0.3 is 0 Å². The second-order valence-electron chi connectivity index (χ2n) is 0.793. The van der Waals surface area contributed by atoms with Gasteiger partial charge in [0, 0.05) is 18.9 Å². The zero-order chi connectivity index (χ0) is 3.54. The van der Waals surface area contributed by atoms with E-state index in [2.05, 4.69) is 0 Å². The van der Waals surface area contributed by atoms with Gasteiger partial charge in [0.05, 0.1) is 0 Å². The second-order valence-corrected chi connectivity index (χ2v) is 1.61. The van der Waals surface area contributed by atoms with E-state index < -0.39 is 0 Å². The molecule has 0 unspecified atom stereocenters. The normalized spacial score (nSPS) is 6.67. The smallest absolute Gasteiger partial charge is 0 e. The van der Waals surface area contributed by atoms with Crippen molar-refractivity contribution in [1.82, 2.24) is 0 Å². The van der Waals surface area contributed by atoms with Crippen LogP contribution in [0, 0.1) is 0 Å². The van der Waals surface area contributed by atoms with Crippen LogP contribution in [-0.4, -0.2) is 18.9 Å². The van der Waals surface area contributed by atoms with Gasteiger partial charge in [0.25, 0.3) is 0 Å². The SMILES string of the molecule is [Li].c1ccsc1. The van der Waals surface area contributed by atoms with Gasteiger partial charge in [-0.3, -0.25) is 0 Å². The molecule has 2 heteroatoms. The molecule has 1 rings (SSSR count). The molecule has 6 heavy (non-hydrogen) atoms. The molecule has 0 fully saturated rings. The summed E-state index contributed by atoms with van der Waals surface area (Å²) in [7, 11) is 0. The van der Waals surface area contributed by atoms with E-state index in [1.54, 1.807) is 11.3 Å². The largest absolute Gasteiger partial charge is 0.152 e. The van der Waals surface area contributed by atoms with Crippen LogP contribution in [0.4, 0.5) is 0 Å². The summed E-state index contributed by atoms with van der Waals surface area (Å²) >= 11 is 1.71. The Morgan fingerprint density at radius 1 is 1.00 bits per heavy atom. The predicted octanol–water partition coefficient (Wildman–Crippen LogP) is 1.37. The number of rotatable bonds is 0. The Morgan fingerprint density at radius 2 is 1.50 bits per heavy atom. The molecule has 0 amide bonds. The Hall–Kier alpha value is 0.297. The Balaban J connectivity index is 0.000000250. The van der Waals surface area contributed by atoms with Gasteiger partial charge in [0.1, 0.15) is 0 Å². The van der Waals surface area contributed by atoms with Crippen molar-refractivity contribution in [2.24, 2.45) is 0 Å². The van der Waals surface area contributed by atoms with Crippen LogP contribution >= 0.6 is 11.3 Å². The first-order valence-corrected chi connectivity index (χ1v) is 2.41. The van der Waals surface area contributed by atoms with E-state index in [0.29, 0.717) is 0 Å². The molecule has 0 aliphatic carbocycles. The second kappa shape index (κ2) is 3.49. The van der Waals surface area contributed by atoms with Crippen LogP contribution in [0.3, 0.4) is 0 Å². The summed E-state index contributed by atoms with van der Waals surface area (Å²) in [5, 5.41) is 4.08. The summed E-state index contributed by atoms with van der Waals surface area (Å²) in [6, 6.07) is 4.04. The van der Waals surface area contributed by atoms with E-state index in [1.807, 2.05) is 22.9 Å². The zero-order valence-corrected chi connectivity index (χ0v) is 4.53. The Kier molecular flexibility index (Phi) is 3.66. The van der Waals surface area contributed by atoms with Gasteiger partial charge in [0.15, 0.2) is 0 Å². The van der Waals surface area contributed by atoms with Crippen LogP contribution in [-0.2, 0) is 0 Å². The monoisotopic (exact) mass is 91.0 g/mol. The average Bonchev–Trinajstić information content (AvgIpc) is 1.76. The van der Waals surface area contributed by atoms with Gasteiger partial charge in [-0.15, -0.1) is 0 Å². The van der Waals surface area contributed by atoms with Gasteiger partial charge in [-0.05, 0) is 10.8 Å². The maximum atomic E-state index is 2.04. The van der Waals surface area contributed by atoms with Crippen LogP contribution in [0.2, 0.25) is 0 Å². The Morgan fingerprint density at radius 3 is 1.67 bits per heavy atom. The third-order valence-electron chi connectivity index (χ3n) is 0.425. The molecule has 0 spiro atoms. The van der Waals surface area contributed by atoms with Gasteiger partial charge in [-0.2, -0.15) is 11.3 Å². The van der Waals surface area contributed by atoms with Gasteiger partial charge in [-0.1, -0.05) is 12.1 Å². The van der Waals surface area contributed by atoms with E-state index in [1.165, 1.54) is 0 Å². The van der Waals surface area contributed by atoms with Crippen LogP contribution in [0.1, 0.15) is 0 Å². The summed E-state index contributed by atoms with van der Waals surface area (Å²) in [6.45, 7) is 0. The molecule has 0 saturated heterocycles. The van der Waals surface area contributed by atoms with Gasteiger partial charge >= 0.3 is 0 Å². The minimum absolute atomic E-state index is 0. The topological polar surface area (TPSA) is 0 Å². The fraction of sp³-hybridized carbons (Fsp3) is 0. The maximum absolute atomic E-state index is 2.04. The van der Waals surface area contributed by atoms with Crippen molar-refractivity contribution < 1.29 is 0 Å². The zero-order valence-electron chi connectivity index (χ0n) is 3.72. The molecular weight excluding hydrogens is 87.1 g/mol. The summed E-state index contributed by atoms with van der Waals surface area (Å²) in [5.41, 5.74) is 0. The molecule has 27 valence electrons. The summed E-state index contributed by atoms with van der Waals surface area (Å²) in [4.78, 5) is 0. The molecule has 0 aliphatic rings. The number of hydrogen-bond donors (Lipinski definition) is 0. The molecule has 0 atom stereocenters. The molecule has 1 radical (unpaired) electrons. The molecule has 1 aromatic heterocycles. The maximum Gasteiger partial charge on any atom is 0 e. The van der Waals surface area contributed by atoms with Gasteiger partial charge in [0.2, 0.25) is 0 Å². The first-order valence-electron chi connectivity index (χ1n) is 1.47. The number of thiophene rings is 1. The molecule has 0 saturated carbocycles. The van der Waals surface area contributed by atoms with E-state index in [-0.39, 0.29) is 18.9 Å². The molecule has 1 aromatic rings. The minimum atomic E-state index is 0. The van der Waals surface area contributed by atoms with Crippen LogP contribution in [0.5, 0.6) is 0 Å². The third-order valence-corrected chi connectivity index (χ3v) is 1.05. The third kappa shape index (κ3) is 1.67. The molecular formula is C4H4LiS. The molecule has 0 aliphatic heterocycles. The van der Waals surface area contributed by atoms with Crippen LogP contribution in [0.25, 0.3) is 0 Å². The molecule has 0 nitrogen and oxygen atoms in total. The first-order chi connectivity index (χ1) is 2.50. The summed E-state index contributed by atoms with van der Waals surface area (Å²) in [5.74, 6) is 0. The van der Waals surface area contributed by atoms with Crippen molar-refractivity contribution in [3.8, 4) is 0 Å². The summed E-state index contributed by atoms with van der Waals surface area (Å²) < 4.78 is 0.